The van der Waals surface area contributed by atoms with Gasteiger partial charge < -0.3 is 0 Å². The number of aryl methyl sites for hydroxylation is 1. The number of rotatable bonds is 9. The highest BCUT2D eigenvalue weighted by molar-refractivity contribution is 7.09. The fourth-order valence-corrected chi connectivity index (χ4v) is 2.71. The first-order chi connectivity index (χ1) is 8.58. The minimum Gasteiger partial charge on any atom is -0.171 e. The van der Waals surface area contributed by atoms with E-state index in [0.29, 0.717) is 12.8 Å². The van der Waals surface area contributed by atoms with Crippen molar-refractivity contribution in [1.29, 1.82) is 0 Å². The van der Waals surface area contributed by atoms with E-state index >= 15 is 0 Å². The van der Waals surface area contributed by atoms with Crippen molar-refractivity contribution in [3.63, 3.8) is 0 Å². The van der Waals surface area contributed by atoms with Crippen molar-refractivity contribution >= 4 is 11.3 Å². The molecular formula is C14H21F3S. The lowest BCUT2D eigenvalue weighted by molar-refractivity contribution is -0.135. The lowest BCUT2D eigenvalue weighted by Crippen LogP contribution is -2.06. The Morgan fingerprint density at radius 2 is 1.50 bits per heavy atom. The van der Waals surface area contributed by atoms with Crippen molar-refractivity contribution in [2.24, 2.45) is 0 Å². The quantitative estimate of drug-likeness (QED) is 0.488. The van der Waals surface area contributed by atoms with Crippen molar-refractivity contribution in [3.05, 3.63) is 22.4 Å². The maximum Gasteiger partial charge on any atom is 0.389 e. The maximum atomic E-state index is 11.9. The average Bonchev–Trinajstić information content (AvgIpc) is 2.78. The van der Waals surface area contributed by atoms with Crippen LogP contribution in [0.3, 0.4) is 0 Å². The van der Waals surface area contributed by atoms with Crippen molar-refractivity contribution < 1.29 is 13.2 Å². The van der Waals surface area contributed by atoms with E-state index < -0.39 is 12.6 Å². The number of halogens is 3. The summed E-state index contributed by atoms with van der Waals surface area (Å²) < 4.78 is 35.6. The molecule has 1 rings (SSSR count). The number of unbranched alkanes of at least 4 members (excludes halogenated alkanes) is 6. The largest absolute Gasteiger partial charge is 0.389 e. The second kappa shape index (κ2) is 8.57. The Bertz CT molecular complexity index is 290. The number of hydrogen-bond donors (Lipinski definition) is 0. The highest BCUT2D eigenvalue weighted by Crippen LogP contribution is 2.23. The molecular weight excluding hydrogens is 257 g/mol. The second-order valence-electron chi connectivity index (χ2n) is 4.67. The molecule has 0 saturated heterocycles. The van der Waals surface area contributed by atoms with Gasteiger partial charge in [-0.2, -0.15) is 13.2 Å². The van der Waals surface area contributed by atoms with E-state index in [1.165, 1.54) is 17.7 Å². The van der Waals surface area contributed by atoms with Gasteiger partial charge >= 0.3 is 6.18 Å². The van der Waals surface area contributed by atoms with Gasteiger partial charge in [-0.05, 0) is 30.7 Å². The Labute approximate surface area is 111 Å². The van der Waals surface area contributed by atoms with E-state index in [4.69, 9.17) is 0 Å². The molecule has 1 aromatic heterocycles. The van der Waals surface area contributed by atoms with Gasteiger partial charge in [0.15, 0.2) is 0 Å². The van der Waals surface area contributed by atoms with E-state index in [-0.39, 0.29) is 0 Å². The lowest BCUT2D eigenvalue weighted by Gasteiger charge is -2.05. The zero-order valence-electron chi connectivity index (χ0n) is 10.6. The average molecular weight is 278 g/mol. The normalized spacial score (nSPS) is 11.9. The predicted octanol–water partition coefficient (Wildman–Crippen LogP) is 5.97. The third-order valence-corrected chi connectivity index (χ3v) is 3.90. The molecule has 4 heteroatoms. The summed E-state index contributed by atoms with van der Waals surface area (Å²) in [5.74, 6) is 0. The maximum absolute atomic E-state index is 11.9. The zero-order valence-corrected chi connectivity index (χ0v) is 11.5. The molecule has 0 aliphatic heterocycles. The molecule has 0 bridgehead atoms. The number of hydrogen-bond acceptors (Lipinski definition) is 1. The van der Waals surface area contributed by atoms with Crippen LogP contribution in [0.15, 0.2) is 17.5 Å². The summed E-state index contributed by atoms with van der Waals surface area (Å²) in [4.78, 5) is 1.43. The molecule has 0 fully saturated rings. The van der Waals surface area contributed by atoms with Gasteiger partial charge in [-0.25, -0.2) is 0 Å². The van der Waals surface area contributed by atoms with Crippen LogP contribution >= 0.6 is 11.3 Å². The summed E-state index contributed by atoms with van der Waals surface area (Å²) in [5, 5.41) is 2.09. The van der Waals surface area contributed by atoms with Gasteiger partial charge in [0.05, 0.1) is 0 Å². The molecule has 104 valence electrons. The minimum atomic E-state index is -3.97. The van der Waals surface area contributed by atoms with Crippen LogP contribution in [0.4, 0.5) is 13.2 Å². The van der Waals surface area contributed by atoms with Gasteiger partial charge in [0.2, 0.25) is 0 Å². The fourth-order valence-electron chi connectivity index (χ4n) is 1.96. The molecule has 0 unspecified atom stereocenters. The van der Waals surface area contributed by atoms with Gasteiger partial charge in [0.25, 0.3) is 0 Å². The molecule has 0 aliphatic carbocycles. The fraction of sp³-hybridized carbons (Fsp3) is 0.714. The van der Waals surface area contributed by atoms with Crippen LogP contribution in [-0.2, 0) is 6.42 Å². The molecule has 0 radical (unpaired) electrons. The van der Waals surface area contributed by atoms with E-state index in [1.54, 1.807) is 11.3 Å². The Balaban J connectivity index is 1.82. The van der Waals surface area contributed by atoms with Crippen molar-refractivity contribution in [3.8, 4) is 0 Å². The van der Waals surface area contributed by atoms with Gasteiger partial charge in [-0.3, -0.25) is 0 Å². The lowest BCUT2D eigenvalue weighted by atomic mass is 10.1. The predicted molar refractivity (Wildman–Crippen MR) is 71.0 cm³/mol. The molecule has 0 aliphatic rings. The molecule has 0 saturated carbocycles. The first kappa shape index (κ1) is 15.5. The Kier molecular flexibility index (Phi) is 7.40. The van der Waals surface area contributed by atoms with Crippen LogP contribution in [0.25, 0.3) is 0 Å². The van der Waals surface area contributed by atoms with Gasteiger partial charge in [-0.15, -0.1) is 11.3 Å². The summed E-state index contributed by atoms with van der Waals surface area (Å²) in [5.41, 5.74) is 0. The van der Waals surface area contributed by atoms with Gasteiger partial charge in [-0.1, -0.05) is 38.2 Å². The zero-order chi connectivity index (χ0) is 13.3. The minimum absolute atomic E-state index is 0.290. The van der Waals surface area contributed by atoms with Gasteiger partial charge in [0.1, 0.15) is 0 Å². The molecule has 0 N–H and O–H groups in total. The third-order valence-electron chi connectivity index (χ3n) is 2.96. The van der Waals surface area contributed by atoms with E-state index in [2.05, 4.69) is 17.5 Å². The third kappa shape index (κ3) is 8.56. The molecule has 1 heterocycles. The monoisotopic (exact) mass is 278 g/mol. The first-order valence-corrected chi connectivity index (χ1v) is 7.55. The standard InChI is InChI=1S/C14H21F3S/c15-14(16,17)11-7-5-3-1-2-4-6-9-13-10-8-12-18-13/h8,10,12H,1-7,9,11H2. The summed E-state index contributed by atoms with van der Waals surface area (Å²) in [6.45, 7) is 0. The summed E-state index contributed by atoms with van der Waals surface area (Å²) in [6.07, 6.45) is 3.11. The molecule has 0 amide bonds. The number of thiophene rings is 1. The van der Waals surface area contributed by atoms with Crippen molar-refractivity contribution in [2.75, 3.05) is 0 Å². The van der Waals surface area contributed by atoms with Crippen LogP contribution in [0.1, 0.15) is 56.2 Å². The van der Waals surface area contributed by atoms with Crippen LogP contribution in [-0.4, -0.2) is 6.18 Å². The molecule has 1 aromatic rings. The van der Waals surface area contributed by atoms with Crippen LogP contribution in [0.2, 0.25) is 0 Å². The van der Waals surface area contributed by atoms with Gasteiger partial charge in [0, 0.05) is 11.3 Å². The highest BCUT2D eigenvalue weighted by atomic mass is 32.1. The smallest absolute Gasteiger partial charge is 0.171 e. The van der Waals surface area contributed by atoms with E-state index in [0.717, 1.165) is 25.7 Å². The second-order valence-corrected chi connectivity index (χ2v) is 5.70. The Morgan fingerprint density at radius 1 is 0.889 bits per heavy atom. The molecule has 0 atom stereocenters. The summed E-state index contributed by atoms with van der Waals surface area (Å²) in [7, 11) is 0. The van der Waals surface area contributed by atoms with E-state index in [1.807, 2.05) is 0 Å². The molecule has 0 spiro atoms. The Morgan fingerprint density at radius 3 is 2.06 bits per heavy atom. The SMILES string of the molecule is FC(F)(F)CCCCCCCCCc1cccs1. The highest BCUT2D eigenvalue weighted by Gasteiger charge is 2.25. The molecule has 18 heavy (non-hydrogen) atoms. The topological polar surface area (TPSA) is 0 Å². The van der Waals surface area contributed by atoms with Crippen LogP contribution in [0.5, 0.6) is 0 Å². The first-order valence-electron chi connectivity index (χ1n) is 6.67. The number of alkyl halides is 3. The molecule has 0 nitrogen and oxygen atoms in total. The molecule has 0 aromatic carbocycles. The van der Waals surface area contributed by atoms with Crippen LogP contribution < -0.4 is 0 Å². The van der Waals surface area contributed by atoms with Crippen LogP contribution in [0, 0.1) is 0 Å². The Hall–Kier alpha value is -0.510. The summed E-state index contributed by atoms with van der Waals surface area (Å²) in [6, 6.07) is 4.22. The van der Waals surface area contributed by atoms with Crippen molar-refractivity contribution in [2.45, 2.75) is 64.0 Å². The van der Waals surface area contributed by atoms with Crippen molar-refractivity contribution in [1.82, 2.24) is 0 Å². The summed E-state index contributed by atoms with van der Waals surface area (Å²) >= 11 is 1.79. The van der Waals surface area contributed by atoms with E-state index in [9.17, 15) is 13.2 Å².